The number of carbonyl (C=O) groups excluding carboxylic acids is 1. The molecule has 2 bridgehead atoms. The lowest BCUT2D eigenvalue weighted by atomic mass is 9.78. The first-order chi connectivity index (χ1) is 10.6. The van der Waals surface area contributed by atoms with Gasteiger partial charge in [-0.3, -0.25) is 9.59 Å². The summed E-state index contributed by atoms with van der Waals surface area (Å²) in [5, 5.41) is 9.51. The zero-order valence-corrected chi connectivity index (χ0v) is 12.7. The smallest absolute Gasteiger partial charge is 0.307 e. The summed E-state index contributed by atoms with van der Waals surface area (Å²) in [5.41, 5.74) is 0. The Kier molecular flexibility index (Phi) is 3.42. The predicted molar refractivity (Wildman–Crippen MR) is 75.9 cm³/mol. The van der Waals surface area contributed by atoms with E-state index in [0.29, 0.717) is 39.1 Å². The number of hydrogen-bond donors (Lipinski definition) is 1. The minimum atomic E-state index is -0.790. The molecule has 0 unspecified atom stereocenters. The summed E-state index contributed by atoms with van der Waals surface area (Å²) in [7, 11) is 0. The Morgan fingerprint density at radius 1 is 1.00 bits per heavy atom. The second kappa shape index (κ2) is 5.20. The van der Waals surface area contributed by atoms with Crippen molar-refractivity contribution in [2.75, 3.05) is 26.3 Å². The van der Waals surface area contributed by atoms with E-state index in [1.54, 1.807) is 0 Å². The van der Waals surface area contributed by atoms with Crippen molar-refractivity contribution >= 4 is 11.9 Å². The van der Waals surface area contributed by atoms with Gasteiger partial charge in [-0.15, -0.1) is 0 Å². The van der Waals surface area contributed by atoms with E-state index < -0.39 is 17.7 Å². The number of rotatable bonds is 2. The molecule has 6 heteroatoms. The van der Waals surface area contributed by atoms with Gasteiger partial charge in [0.2, 0.25) is 5.91 Å². The van der Waals surface area contributed by atoms with Gasteiger partial charge in [-0.2, -0.15) is 0 Å². The van der Waals surface area contributed by atoms with Crippen molar-refractivity contribution in [2.45, 2.75) is 37.9 Å². The lowest BCUT2D eigenvalue weighted by molar-refractivity contribution is -0.189. The summed E-state index contributed by atoms with van der Waals surface area (Å²) < 4.78 is 11.4. The van der Waals surface area contributed by atoms with Crippen molar-refractivity contribution in [3.8, 4) is 0 Å². The zero-order valence-electron chi connectivity index (χ0n) is 12.7. The molecular formula is C16H23NO5. The molecule has 6 nitrogen and oxygen atoms in total. The summed E-state index contributed by atoms with van der Waals surface area (Å²) in [6, 6.07) is 0. The first-order valence-corrected chi connectivity index (χ1v) is 8.39. The molecule has 2 heterocycles. The predicted octanol–water partition coefficient (Wildman–Crippen LogP) is 1.10. The Bertz CT molecular complexity index is 477. The van der Waals surface area contributed by atoms with Gasteiger partial charge < -0.3 is 19.5 Å². The topological polar surface area (TPSA) is 76.1 Å². The molecule has 4 atom stereocenters. The zero-order chi connectivity index (χ0) is 15.3. The van der Waals surface area contributed by atoms with E-state index in [1.165, 1.54) is 0 Å². The number of likely N-dealkylation sites (tertiary alicyclic amines) is 1. The maximum Gasteiger partial charge on any atom is 0.307 e. The van der Waals surface area contributed by atoms with E-state index in [0.717, 1.165) is 19.3 Å². The summed E-state index contributed by atoms with van der Waals surface area (Å²) in [4.78, 5) is 26.3. The molecule has 2 saturated heterocycles. The van der Waals surface area contributed by atoms with E-state index in [9.17, 15) is 14.7 Å². The highest BCUT2D eigenvalue weighted by Gasteiger charge is 2.55. The van der Waals surface area contributed by atoms with Gasteiger partial charge in [-0.1, -0.05) is 0 Å². The van der Waals surface area contributed by atoms with Crippen molar-refractivity contribution in [1.82, 2.24) is 4.90 Å². The van der Waals surface area contributed by atoms with Crippen LogP contribution in [0.2, 0.25) is 0 Å². The quantitative estimate of drug-likeness (QED) is 0.826. The molecule has 4 rings (SSSR count). The number of aliphatic carboxylic acids is 1. The highest BCUT2D eigenvalue weighted by Crippen LogP contribution is 2.53. The summed E-state index contributed by atoms with van der Waals surface area (Å²) in [6.07, 6.45) is 4.27. The molecule has 4 aliphatic rings. The minimum absolute atomic E-state index is 0.0486. The van der Waals surface area contributed by atoms with Crippen LogP contribution in [0.15, 0.2) is 0 Å². The monoisotopic (exact) mass is 309 g/mol. The molecule has 122 valence electrons. The molecule has 2 saturated carbocycles. The van der Waals surface area contributed by atoms with Gasteiger partial charge in [0, 0.05) is 25.9 Å². The van der Waals surface area contributed by atoms with Crippen LogP contribution in [0.3, 0.4) is 0 Å². The van der Waals surface area contributed by atoms with Gasteiger partial charge in [0.15, 0.2) is 5.79 Å². The molecule has 0 aromatic carbocycles. The minimum Gasteiger partial charge on any atom is -0.481 e. The SMILES string of the molecule is O=C(O)[C@@H]1[C@H]2CC[C@H](C2)[C@@H]1C(=O)N1CCC2(CC1)OCCO2. The fourth-order valence-electron chi connectivity index (χ4n) is 5.07. The maximum absolute atomic E-state index is 12.9. The average Bonchev–Trinajstić information content (AvgIpc) is 3.22. The molecule has 4 fully saturated rings. The number of carboxylic acid groups (broad SMARTS) is 1. The van der Waals surface area contributed by atoms with E-state index >= 15 is 0 Å². The van der Waals surface area contributed by atoms with Crippen molar-refractivity contribution in [1.29, 1.82) is 0 Å². The molecule has 22 heavy (non-hydrogen) atoms. The Morgan fingerprint density at radius 2 is 1.59 bits per heavy atom. The van der Waals surface area contributed by atoms with E-state index in [-0.39, 0.29) is 23.7 Å². The summed E-state index contributed by atoms with van der Waals surface area (Å²) in [5.74, 6) is -1.54. The summed E-state index contributed by atoms with van der Waals surface area (Å²) in [6.45, 7) is 2.47. The average molecular weight is 309 g/mol. The van der Waals surface area contributed by atoms with Crippen LogP contribution in [-0.4, -0.2) is 54.0 Å². The third-order valence-corrected chi connectivity index (χ3v) is 6.14. The van der Waals surface area contributed by atoms with Gasteiger partial charge in [0.25, 0.3) is 0 Å². The third kappa shape index (κ3) is 2.15. The molecule has 1 N–H and O–H groups in total. The van der Waals surface area contributed by atoms with Crippen LogP contribution >= 0.6 is 0 Å². The maximum atomic E-state index is 12.9. The molecular weight excluding hydrogens is 286 g/mol. The number of nitrogens with zero attached hydrogens (tertiary/aromatic N) is 1. The van der Waals surface area contributed by atoms with Crippen molar-refractivity contribution < 1.29 is 24.2 Å². The first kappa shape index (κ1) is 14.5. The molecule has 0 radical (unpaired) electrons. The number of hydrogen-bond acceptors (Lipinski definition) is 4. The van der Waals surface area contributed by atoms with Crippen LogP contribution in [0.25, 0.3) is 0 Å². The first-order valence-electron chi connectivity index (χ1n) is 8.39. The van der Waals surface area contributed by atoms with Gasteiger partial charge in [0.05, 0.1) is 25.0 Å². The van der Waals surface area contributed by atoms with Crippen LogP contribution < -0.4 is 0 Å². The largest absolute Gasteiger partial charge is 0.481 e. The van der Waals surface area contributed by atoms with Crippen molar-refractivity contribution in [2.24, 2.45) is 23.7 Å². The highest BCUT2D eigenvalue weighted by molar-refractivity contribution is 5.86. The number of piperidine rings is 1. The molecule has 2 aliphatic heterocycles. The van der Waals surface area contributed by atoms with Gasteiger partial charge in [0.1, 0.15) is 0 Å². The molecule has 0 aromatic rings. The number of amides is 1. The summed E-state index contributed by atoms with van der Waals surface area (Å²) >= 11 is 0. The Hall–Kier alpha value is -1.14. The van der Waals surface area contributed by atoms with Crippen LogP contribution in [0.1, 0.15) is 32.1 Å². The fourth-order valence-corrected chi connectivity index (χ4v) is 5.07. The van der Waals surface area contributed by atoms with E-state index in [4.69, 9.17) is 9.47 Å². The Morgan fingerprint density at radius 3 is 2.18 bits per heavy atom. The van der Waals surface area contributed by atoms with Gasteiger partial charge in [-0.25, -0.2) is 0 Å². The molecule has 1 spiro atoms. The third-order valence-electron chi connectivity index (χ3n) is 6.14. The van der Waals surface area contributed by atoms with Gasteiger partial charge >= 0.3 is 5.97 Å². The lowest BCUT2D eigenvalue weighted by Crippen LogP contribution is -2.51. The van der Waals surface area contributed by atoms with Crippen LogP contribution in [0.4, 0.5) is 0 Å². The van der Waals surface area contributed by atoms with E-state index in [1.807, 2.05) is 4.90 Å². The second-order valence-electron chi connectivity index (χ2n) is 7.16. The van der Waals surface area contributed by atoms with Crippen molar-refractivity contribution in [3.63, 3.8) is 0 Å². The van der Waals surface area contributed by atoms with Crippen LogP contribution in [0, 0.1) is 23.7 Å². The molecule has 0 aromatic heterocycles. The Labute approximate surface area is 129 Å². The molecule has 2 aliphatic carbocycles. The van der Waals surface area contributed by atoms with Crippen LogP contribution in [-0.2, 0) is 19.1 Å². The van der Waals surface area contributed by atoms with Crippen LogP contribution in [0.5, 0.6) is 0 Å². The Balaban J connectivity index is 1.45. The van der Waals surface area contributed by atoms with Gasteiger partial charge in [-0.05, 0) is 31.1 Å². The number of carbonyl (C=O) groups is 2. The standard InChI is InChI=1S/C16H23NO5/c18-14(12-10-1-2-11(9-10)13(12)15(19)20)17-5-3-16(4-6-17)21-7-8-22-16/h10-13H,1-9H2,(H,19,20)/t10-,11+,12+,13-/m1/s1. The second-order valence-corrected chi connectivity index (χ2v) is 7.16. The molecule has 1 amide bonds. The number of carboxylic acids is 1. The number of ether oxygens (including phenoxy) is 2. The lowest BCUT2D eigenvalue weighted by Gasteiger charge is -2.40. The van der Waals surface area contributed by atoms with E-state index in [2.05, 4.69) is 0 Å². The number of fused-ring (bicyclic) bond motifs is 2. The highest BCUT2D eigenvalue weighted by atomic mass is 16.7. The van der Waals surface area contributed by atoms with Crippen molar-refractivity contribution in [3.05, 3.63) is 0 Å². The fraction of sp³-hybridized carbons (Fsp3) is 0.875. The normalized spacial score (nSPS) is 39.5.